The van der Waals surface area contributed by atoms with Crippen molar-refractivity contribution in [2.45, 2.75) is 6.92 Å². The van der Waals surface area contributed by atoms with Crippen LogP contribution in [0.1, 0.15) is 6.92 Å². The second-order valence-corrected chi connectivity index (χ2v) is 3.99. The summed E-state index contributed by atoms with van der Waals surface area (Å²) in [4.78, 5) is 0. The van der Waals surface area contributed by atoms with Gasteiger partial charge in [-0.15, -0.1) is 0 Å². The topological polar surface area (TPSA) is 0 Å². The zero-order valence-corrected chi connectivity index (χ0v) is 8.20. The maximum absolute atomic E-state index is 2.33. The van der Waals surface area contributed by atoms with Gasteiger partial charge in [-0.05, 0) is 33.6 Å². The molecule has 1 unspecified atom stereocenters. The summed E-state index contributed by atoms with van der Waals surface area (Å²) in [5.41, 5.74) is 2.78. The molecular formula is C14H12. The summed E-state index contributed by atoms with van der Waals surface area (Å²) in [7, 11) is 0. The summed E-state index contributed by atoms with van der Waals surface area (Å²) in [6, 6.07) is 8.58. The highest BCUT2D eigenvalue weighted by Gasteiger charge is 2.12. The molecule has 0 aromatic heterocycles. The average Bonchev–Trinajstić information content (AvgIpc) is 2.54. The molecule has 0 saturated heterocycles. The van der Waals surface area contributed by atoms with Gasteiger partial charge in [0.1, 0.15) is 0 Å². The Morgan fingerprint density at radius 3 is 2.93 bits per heavy atom. The van der Waals surface area contributed by atoms with Crippen molar-refractivity contribution in [3.8, 4) is 0 Å². The fourth-order valence-corrected chi connectivity index (χ4v) is 2.18. The van der Waals surface area contributed by atoms with Crippen LogP contribution in [0, 0.1) is 5.92 Å². The van der Waals surface area contributed by atoms with Gasteiger partial charge in [0.05, 0.1) is 0 Å². The summed E-state index contributed by atoms with van der Waals surface area (Å²) >= 11 is 0. The Hall–Kier alpha value is -1.56. The lowest BCUT2D eigenvalue weighted by atomic mass is 9.95. The van der Waals surface area contributed by atoms with Crippen LogP contribution in [0.4, 0.5) is 0 Å². The first-order valence-electron chi connectivity index (χ1n) is 5.06. The van der Waals surface area contributed by atoms with Crippen LogP contribution >= 0.6 is 0 Å². The highest BCUT2D eigenvalue weighted by Crippen LogP contribution is 2.23. The van der Waals surface area contributed by atoms with Gasteiger partial charge in [-0.3, -0.25) is 0 Å². The molecule has 0 N–H and O–H groups in total. The van der Waals surface area contributed by atoms with E-state index in [1.165, 1.54) is 21.6 Å². The molecule has 0 spiro atoms. The van der Waals surface area contributed by atoms with Gasteiger partial charge in [-0.1, -0.05) is 49.4 Å². The minimum atomic E-state index is 0.569. The molecule has 0 heteroatoms. The Labute approximate surface area is 83.6 Å². The van der Waals surface area contributed by atoms with Gasteiger partial charge in [-0.2, -0.15) is 0 Å². The smallest absolute Gasteiger partial charge is 0.00693 e. The average molecular weight is 180 g/mol. The zero-order valence-electron chi connectivity index (χ0n) is 8.20. The summed E-state index contributed by atoms with van der Waals surface area (Å²) in [6.07, 6.45) is 9.12. The summed E-state index contributed by atoms with van der Waals surface area (Å²) in [5, 5.41) is 2.73. The van der Waals surface area contributed by atoms with Crippen molar-refractivity contribution in [3.63, 3.8) is 0 Å². The van der Waals surface area contributed by atoms with Gasteiger partial charge in [0, 0.05) is 0 Å². The van der Waals surface area contributed by atoms with Crippen LogP contribution < -0.4 is 10.4 Å². The van der Waals surface area contributed by atoms with E-state index in [1.54, 1.807) is 0 Å². The minimum absolute atomic E-state index is 0.569. The van der Waals surface area contributed by atoms with Crippen molar-refractivity contribution < 1.29 is 0 Å². The van der Waals surface area contributed by atoms with E-state index < -0.39 is 0 Å². The second kappa shape index (κ2) is 2.71. The molecule has 2 aliphatic carbocycles. The lowest BCUT2D eigenvalue weighted by Crippen LogP contribution is -2.21. The molecule has 0 heterocycles. The SMILES string of the molecule is CC1C=CC2=c3ccccc3=CC2=C1. The van der Waals surface area contributed by atoms with Crippen LogP contribution in [0.5, 0.6) is 0 Å². The number of hydrogen-bond donors (Lipinski definition) is 0. The molecular weight excluding hydrogens is 168 g/mol. The van der Waals surface area contributed by atoms with E-state index in [2.05, 4.69) is 55.5 Å². The van der Waals surface area contributed by atoms with Gasteiger partial charge < -0.3 is 0 Å². The molecule has 1 atom stereocenters. The Morgan fingerprint density at radius 2 is 2.00 bits per heavy atom. The van der Waals surface area contributed by atoms with Crippen molar-refractivity contribution in [2.24, 2.45) is 5.92 Å². The van der Waals surface area contributed by atoms with Gasteiger partial charge >= 0.3 is 0 Å². The Kier molecular flexibility index (Phi) is 1.51. The van der Waals surface area contributed by atoms with Crippen molar-refractivity contribution in [2.75, 3.05) is 0 Å². The van der Waals surface area contributed by atoms with Crippen LogP contribution in [0.3, 0.4) is 0 Å². The zero-order chi connectivity index (χ0) is 9.54. The summed E-state index contributed by atoms with van der Waals surface area (Å²) in [6.45, 7) is 2.22. The van der Waals surface area contributed by atoms with Crippen LogP contribution in [-0.4, -0.2) is 0 Å². The molecule has 14 heavy (non-hydrogen) atoms. The molecule has 0 aliphatic heterocycles. The van der Waals surface area contributed by atoms with Crippen LogP contribution in [-0.2, 0) is 0 Å². The molecule has 3 rings (SSSR count). The summed E-state index contributed by atoms with van der Waals surface area (Å²) in [5.74, 6) is 0.569. The normalized spacial score (nSPS) is 22.5. The fourth-order valence-electron chi connectivity index (χ4n) is 2.18. The quantitative estimate of drug-likeness (QED) is 0.570. The highest BCUT2D eigenvalue weighted by molar-refractivity contribution is 5.88. The van der Waals surface area contributed by atoms with E-state index in [0.717, 1.165) is 0 Å². The standard InChI is InChI=1S/C14H12/c1-10-6-7-14-12(8-10)9-11-4-2-3-5-13(11)14/h2-10H,1H3. The molecule has 0 bridgehead atoms. The maximum atomic E-state index is 2.33. The maximum Gasteiger partial charge on any atom is -0.00693 e. The third-order valence-electron chi connectivity index (χ3n) is 2.88. The molecule has 0 amide bonds. The lowest BCUT2D eigenvalue weighted by Gasteiger charge is -2.09. The fraction of sp³-hybridized carbons (Fsp3) is 0.143. The van der Waals surface area contributed by atoms with Crippen molar-refractivity contribution in [1.82, 2.24) is 0 Å². The first-order chi connectivity index (χ1) is 6.84. The monoisotopic (exact) mass is 180 g/mol. The molecule has 68 valence electrons. The van der Waals surface area contributed by atoms with E-state index in [1.807, 2.05) is 0 Å². The first-order valence-corrected chi connectivity index (χ1v) is 5.06. The predicted octanol–water partition coefficient (Wildman–Crippen LogP) is 1.76. The number of benzene rings is 1. The van der Waals surface area contributed by atoms with Gasteiger partial charge in [-0.25, -0.2) is 0 Å². The molecule has 0 radical (unpaired) electrons. The summed E-state index contributed by atoms with van der Waals surface area (Å²) < 4.78 is 0. The highest BCUT2D eigenvalue weighted by atomic mass is 14.2. The van der Waals surface area contributed by atoms with Gasteiger partial charge in [0.2, 0.25) is 0 Å². The molecule has 1 aromatic carbocycles. The van der Waals surface area contributed by atoms with E-state index in [4.69, 9.17) is 0 Å². The molecule has 0 nitrogen and oxygen atoms in total. The largest absolute Gasteiger partial charge is 0.0772 e. The molecule has 2 aliphatic rings. The molecule has 0 saturated carbocycles. The predicted molar refractivity (Wildman–Crippen MR) is 60.0 cm³/mol. The van der Waals surface area contributed by atoms with Crippen molar-refractivity contribution in [1.29, 1.82) is 0 Å². The first kappa shape index (κ1) is 7.81. The number of allylic oxidation sites excluding steroid dienone is 4. The number of rotatable bonds is 0. The molecule has 0 fully saturated rings. The van der Waals surface area contributed by atoms with Gasteiger partial charge in [0.25, 0.3) is 0 Å². The second-order valence-electron chi connectivity index (χ2n) is 3.99. The van der Waals surface area contributed by atoms with E-state index >= 15 is 0 Å². The minimum Gasteiger partial charge on any atom is -0.0772 e. The molecule has 1 aromatic rings. The van der Waals surface area contributed by atoms with Crippen molar-refractivity contribution in [3.05, 3.63) is 58.5 Å². The Balaban J connectivity index is 2.40. The van der Waals surface area contributed by atoms with Gasteiger partial charge in [0.15, 0.2) is 0 Å². The van der Waals surface area contributed by atoms with Crippen LogP contribution in [0.2, 0.25) is 0 Å². The van der Waals surface area contributed by atoms with Crippen LogP contribution in [0.25, 0.3) is 11.6 Å². The Morgan fingerprint density at radius 1 is 1.14 bits per heavy atom. The van der Waals surface area contributed by atoms with Crippen LogP contribution in [0.15, 0.2) is 48.1 Å². The van der Waals surface area contributed by atoms with E-state index in [9.17, 15) is 0 Å². The third kappa shape index (κ3) is 1.00. The van der Waals surface area contributed by atoms with E-state index in [-0.39, 0.29) is 0 Å². The Bertz CT molecular complexity index is 556. The third-order valence-corrected chi connectivity index (χ3v) is 2.88. The number of fused-ring (bicyclic) bond motifs is 2. The lowest BCUT2D eigenvalue weighted by molar-refractivity contribution is 0.930. The number of hydrogen-bond acceptors (Lipinski definition) is 0. The van der Waals surface area contributed by atoms with Crippen molar-refractivity contribution >= 4 is 11.6 Å². The van der Waals surface area contributed by atoms with E-state index in [0.29, 0.717) is 5.92 Å².